The number of hydrogen-bond donors (Lipinski definition) is 0. The lowest BCUT2D eigenvalue weighted by atomic mass is 9.82. The summed E-state index contributed by atoms with van der Waals surface area (Å²) in [6.45, 7) is 6.05. The van der Waals surface area contributed by atoms with Crippen molar-refractivity contribution in [1.82, 2.24) is 9.88 Å². The van der Waals surface area contributed by atoms with Gasteiger partial charge in [0.05, 0.1) is 11.6 Å². The van der Waals surface area contributed by atoms with Gasteiger partial charge in [-0.3, -0.25) is 4.79 Å². The minimum Gasteiger partial charge on any atom is -0.494 e. The van der Waals surface area contributed by atoms with Gasteiger partial charge in [0.1, 0.15) is 16.4 Å². The van der Waals surface area contributed by atoms with Crippen LogP contribution in [0.5, 0.6) is 5.75 Å². The molecule has 0 unspecified atom stereocenters. The van der Waals surface area contributed by atoms with Gasteiger partial charge in [0.25, 0.3) is 5.91 Å². The molecule has 0 bridgehead atoms. The lowest BCUT2D eigenvalue weighted by Crippen LogP contribution is -2.36. The molecule has 0 N–H and O–H groups in total. The lowest BCUT2D eigenvalue weighted by molar-refractivity contribution is 0.0696. The van der Waals surface area contributed by atoms with E-state index in [0.717, 1.165) is 57.1 Å². The molecule has 1 fully saturated rings. The number of benzene rings is 2. The van der Waals surface area contributed by atoms with Crippen molar-refractivity contribution in [2.45, 2.75) is 46.1 Å². The summed E-state index contributed by atoms with van der Waals surface area (Å²) in [7, 11) is 3.97. The molecule has 0 aliphatic heterocycles. The van der Waals surface area contributed by atoms with Crippen LogP contribution in [0.1, 0.15) is 54.8 Å². The topological polar surface area (TPSA) is 45.7 Å². The molecule has 2 aromatic carbocycles. The second-order valence-electron chi connectivity index (χ2n) is 11.1. The molecule has 2 heterocycles. The molecule has 4 aromatic rings. The summed E-state index contributed by atoms with van der Waals surface area (Å²) in [6.07, 6.45) is 6.62. The van der Waals surface area contributed by atoms with Gasteiger partial charge in [-0.25, -0.2) is 4.98 Å². The first-order chi connectivity index (χ1) is 19.3. The van der Waals surface area contributed by atoms with Crippen LogP contribution in [0.2, 0.25) is 5.02 Å². The number of thiophene rings is 1. The highest BCUT2D eigenvalue weighted by Crippen LogP contribution is 2.38. The third-order valence-corrected chi connectivity index (χ3v) is 9.55. The standard InChI is InChI=1S/C33H38ClN3O2S/c1-5-39-28-16-14-24(25-15-17-30(35-19-25)36(3)4)18-26(28)21-37(20-23-12-10-22(2)11-13-23)33(38)32-31(34)27-8-6-7-9-29(27)40-32/h6-9,14-19,22-23H,5,10-13,20-21H2,1-4H3. The van der Waals surface area contributed by atoms with E-state index in [0.29, 0.717) is 35.5 Å². The van der Waals surface area contributed by atoms with Crippen molar-refractivity contribution in [2.75, 3.05) is 32.1 Å². The van der Waals surface area contributed by atoms with Crippen molar-refractivity contribution in [3.05, 3.63) is 76.3 Å². The highest BCUT2D eigenvalue weighted by molar-refractivity contribution is 7.21. The third-order valence-electron chi connectivity index (χ3n) is 7.89. The number of hydrogen-bond acceptors (Lipinski definition) is 5. The molecule has 40 heavy (non-hydrogen) atoms. The molecule has 5 nitrogen and oxygen atoms in total. The summed E-state index contributed by atoms with van der Waals surface area (Å²) < 4.78 is 7.09. The molecular weight excluding hydrogens is 538 g/mol. The zero-order valence-electron chi connectivity index (χ0n) is 23.8. The van der Waals surface area contributed by atoms with Crippen molar-refractivity contribution >= 4 is 44.7 Å². The van der Waals surface area contributed by atoms with Gasteiger partial charge < -0.3 is 14.5 Å². The van der Waals surface area contributed by atoms with Crippen LogP contribution in [0.3, 0.4) is 0 Å². The number of nitrogens with zero attached hydrogens (tertiary/aromatic N) is 3. The molecule has 5 rings (SSSR count). The van der Waals surface area contributed by atoms with Crippen molar-refractivity contribution in [1.29, 1.82) is 0 Å². The van der Waals surface area contributed by atoms with E-state index < -0.39 is 0 Å². The Morgan fingerprint density at radius 3 is 2.48 bits per heavy atom. The fourth-order valence-corrected chi connectivity index (χ4v) is 7.02. The predicted molar refractivity (Wildman–Crippen MR) is 168 cm³/mol. The van der Waals surface area contributed by atoms with Gasteiger partial charge in [0, 0.05) is 54.6 Å². The van der Waals surface area contributed by atoms with Crippen LogP contribution in [0, 0.1) is 11.8 Å². The lowest BCUT2D eigenvalue weighted by Gasteiger charge is -2.32. The second kappa shape index (κ2) is 12.6. The summed E-state index contributed by atoms with van der Waals surface area (Å²) >= 11 is 8.29. The Kier molecular flexibility index (Phi) is 8.97. The van der Waals surface area contributed by atoms with Gasteiger partial charge in [0.2, 0.25) is 0 Å². The highest BCUT2D eigenvalue weighted by atomic mass is 35.5. The van der Waals surface area contributed by atoms with Crippen LogP contribution in [0.25, 0.3) is 21.2 Å². The number of anilines is 1. The van der Waals surface area contributed by atoms with Crippen molar-refractivity contribution in [2.24, 2.45) is 11.8 Å². The fourth-order valence-electron chi connectivity index (χ4n) is 5.54. The average Bonchev–Trinajstić information content (AvgIpc) is 3.30. The van der Waals surface area contributed by atoms with Gasteiger partial charge in [-0.2, -0.15) is 0 Å². The second-order valence-corrected chi connectivity index (χ2v) is 12.5. The van der Waals surface area contributed by atoms with E-state index >= 15 is 0 Å². The number of pyridine rings is 1. The molecule has 0 atom stereocenters. The molecule has 7 heteroatoms. The van der Waals surface area contributed by atoms with Crippen LogP contribution in [-0.4, -0.2) is 43.0 Å². The number of halogens is 1. The van der Waals surface area contributed by atoms with Crippen LogP contribution in [0.15, 0.2) is 60.8 Å². The molecule has 1 saturated carbocycles. The molecule has 1 amide bonds. The van der Waals surface area contributed by atoms with E-state index in [1.807, 2.05) is 73.4 Å². The van der Waals surface area contributed by atoms with Gasteiger partial charge in [-0.15, -0.1) is 11.3 Å². The molecule has 1 aliphatic carbocycles. The van der Waals surface area contributed by atoms with Crippen molar-refractivity contribution in [3.8, 4) is 16.9 Å². The zero-order valence-corrected chi connectivity index (χ0v) is 25.4. The SMILES string of the molecule is CCOc1ccc(-c2ccc(N(C)C)nc2)cc1CN(CC1CCC(C)CC1)C(=O)c1sc2ccccc2c1Cl. The molecule has 1 aliphatic rings. The summed E-state index contributed by atoms with van der Waals surface area (Å²) in [5.41, 5.74) is 3.07. The van der Waals surface area contributed by atoms with Crippen LogP contribution >= 0.6 is 22.9 Å². The summed E-state index contributed by atoms with van der Waals surface area (Å²) in [5, 5.41) is 1.49. The zero-order chi connectivity index (χ0) is 28.2. The van der Waals surface area contributed by atoms with E-state index in [1.54, 1.807) is 0 Å². The van der Waals surface area contributed by atoms with Crippen LogP contribution in [0.4, 0.5) is 5.82 Å². The number of amides is 1. The fraction of sp³-hybridized carbons (Fsp3) is 0.394. The molecule has 0 saturated heterocycles. The van der Waals surface area contributed by atoms with E-state index in [4.69, 9.17) is 16.3 Å². The first-order valence-electron chi connectivity index (χ1n) is 14.2. The van der Waals surface area contributed by atoms with Gasteiger partial charge >= 0.3 is 0 Å². The molecule has 0 spiro atoms. The molecule has 2 aromatic heterocycles. The normalized spacial score (nSPS) is 17.1. The summed E-state index contributed by atoms with van der Waals surface area (Å²) in [6, 6.07) is 18.3. The molecular formula is C33H38ClN3O2S. The molecule has 0 radical (unpaired) electrons. The number of carbonyl (C=O) groups excluding carboxylic acids is 1. The largest absolute Gasteiger partial charge is 0.494 e. The first kappa shape index (κ1) is 28.4. The summed E-state index contributed by atoms with van der Waals surface area (Å²) in [4.78, 5) is 23.4. The van der Waals surface area contributed by atoms with Crippen LogP contribution < -0.4 is 9.64 Å². The number of carbonyl (C=O) groups is 1. The number of ether oxygens (including phenoxy) is 1. The Morgan fingerprint density at radius 2 is 1.80 bits per heavy atom. The van der Waals surface area contributed by atoms with Gasteiger partial charge in [-0.1, -0.05) is 55.6 Å². The quantitative estimate of drug-likeness (QED) is 0.200. The maximum absolute atomic E-state index is 14.2. The number of fused-ring (bicyclic) bond motifs is 1. The number of aromatic nitrogens is 1. The summed E-state index contributed by atoms with van der Waals surface area (Å²) in [5.74, 6) is 2.95. The van der Waals surface area contributed by atoms with Crippen LogP contribution in [-0.2, 0) is 6.54 Å². The van der Waals surface area contributed by atoms with Crippen molar-refractivity contribution in [3.63, 3.8) is 0 Å². The minimum absolute atomic E-state index is 0.00493. The monoisotopic (exact) mass is 575 g/mol. The third kappa shape index (κ3) is 6.29. The Balaban J connectivity index is 1.50. The van der Waals surface area contributed by atoms with Gasteiger partial charge in [-0.05, 0) is 67.5 Å². The Bertz CT molecular complexity index is 1460. The Hall–Kier alpha value is -3.09. The Morgan fingerprint density at radius 1 is 1.05 bits per heavy atom. The first-order valence-corrected chi connectivity index (χ1v) is 15.4. The predicted octanol–water partition coefficient (Wildman–Crippen LogP) is 8.55. The van der Waals surface area contributed by atoms with E-state index in [1.165, 1.54) is 24.2 Å². The average molecular weight is 576 g/mol. The highest BCUT2D eigenvalue weighted by Gasteiger charge is 2.28. The van der Waals surface area contributed by atoms with Gasteiger partial charge in [0.15, 0.2) is 0 Å². The smallest absolute Gasteiger partial charge is 0.265 e. The van der Waals surface area contributed by atoms with Crippen molar-refractivity contribution < 1.29 is 9.53 Å². The molecule has 210 valence electrons. The maximum atomic E-state index is 14.2. The van der Waals surface area contributed by atoms with E-state index in [2.05, 4.69) is 30.1 Å². The maximum Gasteiger partial charge on any atom is 0.265 e. The van der Waals surface area contributed by atoms with E-state index in [-0.39, 0.29) is 5.91 Å². The minimum atomic E-state index is -0.00493. The number of rotatable bonds is 9. The van der Waals surface area contributed by atoms with E-state index in [9.17, 15) is 4.79 Å². The Labute approximate surface area is 246 Å².